The lowest BCUT2D eigenvalue weighted by molar-refractivity contribution is -0.0399. The highest BCUT2D eigenvalue weighted by Gasteiger charge is 2.64. The first-order valence-corrected chi connectivity index (χ1v) is 39.5. The Kier molecular flexibility index (Phi) is 13.0. The van der Waals surface area contributed by atoms with Crippen LogP contribution in [0.1, 0.15) is 111 Å². The third-order valence-corrected chi connectivity index (χ3v) is 28.7. The fraction of sp³-hybridized carbons (Fsp3) is 0.223. The van der Waals surface area contributed by atoms with Crippen LogP contribution in [0.4, 0.5) is 34.1 Å². The molecule has 0 amide bonds. The molecule has 0 N–H and O–H groups in total. The molecule has 7 bridgehead atoms. The molecular formula is C103H84N2. The number of rotatable bonds is 10. The van der Waals surface area contributed by atoms with Gasteiger partial charge in [-0.3, -0.25) is 0 Å². The molecule has 0 radical (unpaired) electrons. The van der Waals surface area contributed by atoms with Crippen molar-refractivity contribution in [2.45, 2.75) is 94.3 Å². The van der Waals surface area contributed by atoms with E-state index in [-0.39, 0.29) is 16.2 Å². The van der Waals surface area contributed by atoms with Gasteiger partial charge in [-0.2, -0.15) is 0 Å². The second-order valence-corrected chi connectivity index (χ2v) is 33.8. The first kappa shape index (κ1) is 60.6. The van der Waals surface area contributed by atoms with Crippen molar-refractivity contribution in [1.29, 1.82) is 0 Å². The fourth-order valence-corrected chi connectivity index (χ4v) is 24.9. The summed E-state index contributed by atoms with van der Waals surface area (Å²) in [5, 5.41) is 4.93. The molecule has 10 aliphatic carbocycles. The normalized spacial score (nSPS) is 24.4. The molecule has 0 heterocycles. The van der Waals surface area contributed by atoms with Gasteiger partial charge in [0.25, 0.3) is 0 Å². The zero-order valence-electron chi connectivity index (χ0n) is 60.0. The lowest BCUT2D eigenvalue weighted by Crippen LogP contribution is -2.55. The summed E-state index contributed by atoms with van der Waals surface area (Å²) >= 11 is 0. The van der Waals surface area contributed by atoms with E-state index < -0.39 is 0 Å². The molecule has 7 fully saturated rings. The van der Waals surface area contributed by atoms with Gasteiger partial charge < -0.3 is 9.80 Å². The molecule has 14 aromatic carbocycles. The maximum Gasteiger partial charge on any atom is 0.0540 e. The summed E-state index contributed by atoms with van der Waals surface area (Å²) in [6.45, 7) is 4.85. The number of anilines is 6. The molecule has 2 unspecified atom stereocenters. The summed E-state index contributed by atoms with van der Waals surface area (Å²) in [6, 6.07) is 118. The average molecular weight is 1350 g/mol. The van der Waals surface area contributed by atoms with Crippen LogP contribution in [0.15, 0.2) is 303 Å². The maximum atomic E-state index is 2.70. The smallest absolute Gasteiger partial charge is 0.0540 e. The van der Waals surface area contributed by atoms with Crippen LogP contribution in [0.2, 0.25) is 0 Å². The van der Waals surface area contributed by atoms with Crippen LogP contribution < -0.4 is 9.80 Å². The molecule has 14 aromatic rings. The Morgan fingerprint density at radius 1 is 0.257 bits per heavy atom. The van der Waals surface area contributed by atoms with Gasteiger partial charge in [-0.05, 0) is 306 Å². The van der Waals surface area contributed by atoms with E-state index in [1.165, 1.54) is 198 Å². The number of hydrogen-bond acceptors (Lipinski definition) is 2. The van der Waals surface area contributed by atoms with E-state index in [2.05, 4.69) is 327 Å². The summed E-state index contributed by atoms with van der Waals surface area (Å²) in [7, 11) is 0. The van der Waals surface area contributed by atoms with E-state index in [1.807, 2.05) is 0 Å². The average Bonchev–Trinajstić information content (AvgIpc) is 1.53. The SMILES string of the molecule is CC1(C)c2ccccc2-c2ccc(N(c3ccc4c(c3)C3(c5ccccc5-4)[C@@H]4CCC5C[C@@H](C4)C[C@H]53)c3ccc(-c4ccc(-c5ccc(N(c6cccc(-c7ccc8c(c7)C7(c9ccccc9-8)C8CC9CC(C8)CC7C9)c6)c6cccc7ccccc67)cc5)c5ccccc45)cc3-c3ccccc3)cc21. The zero-order valence-corrected chi connectivity index (χ0v) is 60.0. The van der Waals surface area contributed by atoms with Gasteiger partial charge in [-0.25, -0.2) is 0 Å². The van der Waals surface area contributed by atoms with Gasteiger partial charge >= 0.3 is 0 Å². The molecule has 10 aliphatic rings. The molecule has 2 spiro atoms. The lowest BCUT2D eigenvalue weighted by Gasteiger charge is -2.61. The topological polar surface area (TPSA) is 6.48 Å². The minimum absolute atomic E-state index is 0.0351. The standard InChI is InChI=1S/C103H84N2/c1-101(2)92-30-13-10-27-85(92)88-45-42-78(61-96(88)101)105(79-43-46-90-87-29-12-15-32-94(87)103(98(90)62-79)73-39-34-72-51-65(52-73)57-95(72)103)100-49-38-71(59-91(100)67-18-4-3-5-19-67)81-48-47-80(83-25-8-9-26-84(81)83)68-35-40-76(41-36-68)104(99-33-17-21-66-20-6-7-24-82(66)99)77-23-16-22-69(58-77)70-37-44-89-86-28-11-14-31-93(86)102(97(89)60-70)74-53-63-50-64(55-74)56-75(102)54-63/h3-33,35-38,40-49,58-65,72-75,95H,34,39,50-57H2,1-2H3/t63?,64?,65-,72?,73+,74?,75?,95+,102?,103?/m0/s1. The third kappa shape index (κ3) is 8.60. The van der Waals surface area contributed by atoms with Gasteiger partial charge in [0.15, 0.2) is 0 Å². The summed E-state index contributed by atoms with van der Waals surface area (Å²) in [6.07, 6.45) is 13.8. The van der Waals surface area contributed by atoms with E-state index in [0.717, 1.165) is 46.9 Å². The highest BCUT2D eigenvalue weighted by molar-refractivity contribution is 6.07. The van der Waals surface area contributed by atoms with Crippen molar-refractivity contribution in [3.8, 4) is 77.9 Å². The molecule has 506 valence electrons. The van der Waals surface area contributed by atoms with Gasteiger partial charge in [-0.1, -0.05) is 244 Å². The Morgan fingerprint density at radius 3 is 1.47 bits per heavy atom. The molecular weight excluding hydrogens is 1270 g/mol. The summed E-state index contributed by atoms with van der Waals surface area (Å²) in [5.41, 5.74) is 34.6. The summed E-state index contributed by atoms with van der Waals surface area (Å²) < 4.78 is 0. The molecule has 2 nitrogen and oxygen atoms in total. The van der Waals surface area contributed by atoms with Gasteiger partial charge in [0.2, 0.25) is 0 Å². The first-order chi connectivity index (χ1) is 51.7. The van der Waals surface area contributed by atoms with Crippen molar-refractivity contribution in [3.63, 3.8) is 0 Å². The third-order valence-electron chi connectivity index (χ3n) is 28.7. The monoisotopic (exact) mass is 1350 g/mol. The quantitative estimate of drug-likeness (QED) is 0.135. The predicted octanol–water partition coefficient (Wildman–Crippen LogP) is 27.4. The fourth-order valence-electron chi connectivity index (χ4n) is 24.9. The van der Waals surface area contributed by atoms with Crippen LogP contribution >= 0.6 is 0 Å². The van der Waals surface area contributed by atoms with Crippen molar-refractivity contribution in [3.05, 3.63) is 337 Å². The second-order valence-electron chi connectivity index (χ2n) is 33.8. The van der Waals surface area contributed by atoms with Crippen LogP contribution in [0.5, 0.6) is 0 Å². The Hall–Kier alpha value is -10.8. The number of fused-ring (bicyclic) bond motifs is 12. The van der Waals surface area contributed by atoms with Gasteiger partial charge in [0.05, 0.1) is 11.4 Å². The van der Waals surface area contributed by atoms with E-state index in [9.17, 15) is 0 Å². The maximum absolute atomic E-state index is 2.70. The van der Waals surface area contributed by atoms with E-state index in [4.69, 9.17) is 0 Å². The van der Waals surface area contributed by atoms with Crippen molar-refractivity contribution in [1.82, 2.24) is 0 Å². The first-order valence-electron chi connectivity index (χ1n) is 39.5. The van der Waals surface area contributed by atoms with Crippen LogP contribution in [-0.2, 0) is 16.2 Å². The van der Waals surface area contributed by atoms with E-state index >= 15 is 0 Å². The van der Waals surface area contributed by atoms with E-state index in [1.54, 1.807) is 22.3 Å². The molecule has 0 aliphatic heterocycles. The predicted molar refractivity (Wildman–Crippen MR) is 437 cm³/mol. The Labute approximate surface area is 617 Å². The van der Waals surface area contributed by atoms with Crippen molar-refractivity contribution >= 4 is 55.7 Å². The van der Waals surface area contributed by atoms with Crippen molar-refractivity contribution in [2.75, 3.05) is 9.80 Å². The van der Waals surface area contributed by atoms with Gasteiger partial charge in [0.1, 0.15) is 0 Å². The molecule has 105 heavy (non-hydrogen) atoms. The molecule has 2 heteroatoms. The van der Waals surface area contributed by atoms with E-state index in [0.29, 0.717) is 11.8 Å². The van der Waals surface area contributed by atoms with Crippen LogP contribution in [-0.4, -0.2) is 0 Å². The Morgan fingerprint density at radius 2 is 0.733 bits per heavy atom. The van der Waals surface area contributed by atoms with Gasteiger partial charge in [-0.15, -0.1) is 0 Å². The number of benzene rings is 14. The molecule has 24 rings (SSSR count). The molecule has 7 saturated carbocycles. The largest absolute Gasteiger partial charge is 0.310 e. The zero-order chi connectivity index (χ0) is 69.0. The lowest BCUT2D eigenvalue weighted by atomic mass is 9.43. The van der Waals surface area contributed by atoms with Crippen LogP contribution in [0, 0.1) is 47.3 Å². The minimum Gasteiger partial charge on any atom is -0.310 e. The van der Waals surface area contributed by atoms with Crippen LogP contribution in [0.3, 0.4) is 0 Å². The van der Waals surface area contributed by atoms with Crippen molar-refractivity contribution in [2.24, 2.45) is 47.3 Å². The Bertz CT molecular complexity index is 5920. The Balaban J connectivity index is 0.636. The minimum atomic E-state index is -0.167. The summed E-state index contributed by atoms with van der Waals surface area (Å²) in [4.78, 5) is 5.15. The second kappa shape index (κ2) is 22.6. The molecule has 5 atom stereocenters. The number of hydrogen-bond donors (Lipinski definition) is 0. The van der Waals surface area contributed by atoms with Crippen molar-refractivity contribution < 1.29 is 0 Å². The highest BCUT2D eigenvalue weighted by atomic mass is 15.2. The van der Waals surface area contributed by atoms with Gasteiger partial charge in [0, 0.05) is 49.9 Å². The molecule has 0 saturated heterocycles. The number of nitrogens with zero attached hydrogens (tertiary/aromatic N) is 2. The molecule has 0 aromatic heterocycles. The highest BCUT2D eigenvalue weighted by Crippen LogP contribution is 2.72. The van der Waals surface area contributed by atoms with Crippen LogP contribution in [0.25, 0.3) is 99.4 Å². The summed E-state index contributed by atoms with van der Waals surface area (Å²) in [5.74, 6) is 6.25.